The standard InChI is InChI=1S/C17H29N5O2.HI/c1-11(2)16(23)22-9-7-14(10-22)20-17(18-5)19-8-6-15-12(3)21-24-13(15)4;/h11,14H,6-10H2,1-5H3,(H2,18,19,20);1H. The molecule has 2 N–H and O–H groups in total. The van der Waals surface area contributed by atoms with Crippen molar-refractivity contribution in [1.82, 2.24) is 20.7 Å². The number of carbonyl (C=O) groups excluding carboxylic acids is 1. The molecule has 0 aromatic carbocycles. The maximum atomic E-state index is 12.1. The predicted molar refractivity (Wildman–Crippen MR) is 109 cm³/mol. The quantitative estimate of drug-likeness (QED) is 0.396. The Bertz CT molecular complexity index is 580. The number of aromatic nitrogens is 1. The Labute approximate surface area is 167 Å². The van der Waals surface area contributed by atoms with Crippen LogP contribution in [-0.2, 0) is 11.2 Å². The summed E-state index contributed by atoms with van der Waals surface area (Å²) in [4.78, 5) is 18.3. The van der Waals surface area contributed by atoms with Gasteiger partial charge in [0.1, 0.15) is 5.76 Å². The molecule has 1 saturated heterocycles. The van der Waals surface area contributed by atoms with Crippen molar-refractivity contribution in [2.24, 2.45) is 10.9 Å². The van der Waals surface area contributed by atoms with Gasteiger partial charge in [-0.05, 0) is 26.7 Å². The van der Waals surface area contributed by atoms with Crippen molar-refractivity contribution in [1.29, 1.82) is 0 Å². The molecule has 1 unspecified atom stereocenters. The predicted octanol–water partition coefficient (Wildman–Crippen LogP) is 1.87. The van der Waals surface area contributed by atoms with Gasteiger partial charge in [-0.3, -0.25) is 9.79 Å². The molecule has 1 fully saturated rings. The van der Waals surface area contributed by atoms with E-state index in [0.717, 1.165) is 55.5 Å². The minimum Gasteiger partial charge on any atom is -0.361 e. The summed E-state index contributed by atoms with van der Waals surface area (Å²) >= 11 is 0. The molecule has 1 aliphatic heterocycles. The van der Waals surface area contributed by atoms with Gasteiger partial charge in [-0.2, -0.15) is 0 Å². The van der Waals surface area contributed by atoms with Crippen LogP contribution in [0.2, 0.25) is 0 Å². The van der Waals surface area contributed by atoms with Crippen LogP contribution in [0.5, 0.6) is 0 Å². The Morgan fingerprint density at radius 3 is 2.72 bits per heavy atom. The fourth-order valence-corrected chi connectivity index (χ4v) is 3.00. The summed E-state index contributed by atoms with van der Waals surface area (Å²) in [7, 11) is 1.76. The van der Waals surface area contributed by atoms with Crippen LogP contribution in [0.3, 0.4) is 0 Å². The second kappa shape index (κ2) is 9.98. The van der Waals surface area contributed by atoms with Crippen molar-refractivity contribution in [3.63, 3.8) is 0 Å². The van der Waals surface area contributed by atoms with Gasteiger partial charge in [-0.1, -0.05) is 19.0 Å². The van der Waals surface area contributed by atoms with E-state index in [4.69, 9.17) is 4.52 Å². The molecule has 0 radical (unpaired) electrons. The Balaban J connectivity index is 0.00000312. The molecule has 0 spiro atoms. The Hall–Kier alpha value is -1.32. The van der Waals surface area contributed by atoms with Gasteiger partial charge in [0.15, 0.2) is 5.96 Å². The zero-order chi connectivity index (χ0) is 17.7. The summed E-state index contributed by atoms with van der Waals surface area (Å²) in [5.74, 6) is 1.92. The Kier molecular flexibility index (Phi) is 8.67. The van der Waals surface area contributed by atoms with Crippen LogP contribution in [0.25, 0.3) is 0 Å². The van der Waals surface area contributed by atoms with Gasteiger partial charge in [-0.15, -0.1) is 24.0 Å². The summed E-state index contributed by atoms with van der Waals surface area (Å²) in [6.45, 7) is 10.1. The number of likely N-dealkylation sites (tertiary alicyclic amines) is 1. The van der Waals surface area contributed by atoms with Gasteiger partial charge in [-0.25, -0.2) is 0 Å². The SMILES string of the molecule is CN=C(NCCc1c(C)noc1C)NC1CCN(C(=O)C(C)C)C1.I. The van der Waals surface area contributed by atoms with E-state index in [0.29, 0.717) is 0 Å². The van der Waals surface area contributed by atoms with Gasteiger partial charge in [0.25, 0.3) is 0 Å². The molecule has 1 aromatic rings. The highest BCUT2D eigenvalue weighted by atomic mass is 127. The number of carbonyl (C=O) groups is 1. The van der Waals surface area contributed by atoms with E-state index in [-0.39, 0.29) is 41.8 Å². The van der Waals surface area contributed by atoms with Crippen molar-refractivity contribution in [2.75, 3.05) is 26.7 Å². The smallest absolute Gasteiger partial charge is 0.225 e. The summed E-state index contributed by atoms with van der Waals surface area (Å²) in [5, 5.41) is 10.7. The van der Waals surface area contributed by atoms with Crippen LogP contribution in [-0.4, -0.2) is 54.6 Å². The lowest BCUT2D eigenvalue weighted by Crippen LogP contribution is -2.45. The van der Waals surface area contributed by atoms with Crippen LogP contribution >= 0.6 is 24.0 Å². The number of aryl methyl sites for hydroxylation is 2. The Morgan fingerprint density at radius 2 is 2.16 bits per heavy atom. The van der Waals surface area contributed by atoms with Gasteiger partial charge in [0.2, 0.25) is 5.91 Å². The third-order valence-corrected chi connectivity index (χ3v) is 4.41. The molecule has 0 bridgehead atoms. The van der Waals surface area contributed by atoms with Crippen molar-refractivity contribution in [3.05, 3.63) is 17.0 Å². The van der Waals surface area contributed by atoms with Crippen LogP contribution in [0.15, 0.2) is 9.52 Å². The molecule has 1 atom stereocenters. The van der Waals surface area contributed by atoms with E-state index in [9.17, 15) is 4.79 Å². The maximum Gasteiger partial charge on any atom is 0.225 e. The van der Waals surface area contributed by atoms with E-state index in [1.807, 2.05) is 32.6 Å². The van der Waals surface area contributed by atoms with Gasteiger partial charge < -0.3 is 20.1 Å². The highest BCUT2D eigenvalue weighted by molar-refractivity contribution is 14.0. The molecule has 2 heterocycles. The van der Waals surface area contributed by atoms with Crippen molar-refractivity contribution in [3.8, 4) is 0 Å². The number of nitrogens with zero attached hydrogens (tertiary/aromatic N) is 3. The lowest BCUT2D eigenvalue weighted by Gasteiger charge is -2.20. The third kappa shape index (κ3) is 5.86. The van der Waals surface area contributed by atoms with Crippen molar-refractivity contribution < 1.29 is 9.32 Å². The number of hydrogen-bond donors (Lipinski definition) is 2. The molecule has 1 aliphatic rings. The number of aliphatic imine (C=N–C) groups is 1. The zero-order valence-corrected chi connectivity index (χ0v) is 18.1. The first-order valence-corrected chi connectivity index (χ1v) is 8.60. The molecule has 0 aliphatic carbocycles. The highest BCUT2D eigenvalue weighted by Crippen LogP contribution is 2.13. The van der Waals surface area contributed by atoms with E-state index in [2.05, 4.69) is 20.8 Å². The first-order chi connectivity index (χ1) is 11.4. The average Bonchev–Trinajstić information content (AvgIpc) is 3.14. The lowest BCUT2D eigenvalue weighted by atomic mass is 10.1. The third-order valence-electron chi connectivity index (χ3n) is 4.41. The normalized spacial score (nSPS) is 17.6. The number of halogens is 1. The number of nitrogens with one attached hydrogen (secondary N) is 2. The molecule has 25 heavy (non-hydrogen) atoms. The van der Waals surface area contributed by atoms with Gasteiger partial charge >= 0.3 is 0 Å². The molecule has 7 nitrogen and oxygen atoms in total. The summed E-state index contributed by atoms with van der Waals surface area (Å²) in [5.41, 5.74) is 2.09. The average molecular weight is 463 g/mol. The largest absolute Gasteiger partial charge is 0.361 e. The molecular formula is C17H30IN5O2. The zero-order valence-electron chi connectivity index (χ0n) is 15.8. The van der Waals surface area contributed by atoms with Crippen molar-refractivity contribution in [2.45, 2.75) is 46.6 Å². The van der Waals surface area contributed by atoms with Crippen LogP contribution < -0.4 is 10.6 Å². The summed E-state index contributed by atoms with van der Waals surface area (Å²) in [6, 6.07) is 0.248. The Morgan fingerprint density at radius 1 is 1.44 bits per heavy atom. The van der Waals surface area contributed by atoms with E-state index >= 15 is 0 Å². The number of guanidine groups is 1. The van der Waals surface area contributed by atoms with Crippen LogP contribution in [0.1, 0.15) is 37.3 Å². The summed E-state index contributed by atoms with van der Waals surface area (Å²) < 4.78 is 5.18. The molecule has 1 aromatic heterocycles. The topological polar surface area (TPSA) is 82.8 Å². The minimum absolute atomic E-state index is 0. The fourth-order valence-electron chi connectivity index (χ4n) is 3.00. The number of hydrogen-bond acceptors (Lipinski definition) is 4. The molecule has 142 valence electrons. The highest BCUT2D eigenvalue weighted by Gasteiger charge is 2.27. The van der Waals surface area contributed by atoms with E-state index in [1.54, 1.807) is 7.05 Å². The molecule has 2 rings (SSSR count). The second-order valence-electron chi connectivity index (χ2n) is 6.62. The number of amides is 1. The molecular weight excluding hydrogens is 433 g/mol. The number of rotatable bonds is 5. The van der Waals surface area contributed by atoms with E-state index < -0.39 is 0 Å². The lowest BCUT2D eigenvalue weighted by molar-refractivity contribution is -0.133. The molecule has 1 amide bonds. The first-order valence-electron chi connectivity index (χ1n) is 8.60. The van der Waals surface area contributed by atoms with Gasteiger partial charge in [0.05, 0.1) is 5.69 Å². The fraction of sp³-hybridized carbons (Fsp3) is 0.706. The molecule has 8 heteroatoms. The van der Waals surface area contributed by atoms with Crippen molar-refractivity contribution >= 4 is 35.8 Å². The minimum atomic E-state index is 0. The van der Waals surface area contributed by atoms with Gasteiger partial charge in [0, 0.05) is 44.2 Å². The van der Waals surface area contributed by atoms with E-state index in [1.165, 1.54) is 0 Å². The molecule has 0 saturated carbocycles. The first kappa shape index (κ1) is 21.7. The summed E-state index contributed by atoms with van der Waals surface area (Å²) in [6.07, 6.45) is 1.79. The maximum absolute atomic E-state index is 12.1. The van der Waals surface area contributed by atoms with Crippen LogP contribution in [0.4, 0.5) is 0 Å². The monoisotopic (exact) mass is 463 g/mol. The van der Waals surface area contributed by atoms with Crippen LogP contribution in [0, 0.1) is 19.8 Å². The second-order valence-corrected chi connectivity index (χ2v) is 6.62.